The lowest BCUT2D eigenvalue weighted by molar-refractivity contribution is -0.139. The summed E-state index contributed by atoms with van der Waals surface area (Å²) in [5.41, 5.74) is -9.20. The Kier molecular flexibility index (Phi) is 9.03. The summed E-state index contributed by atoms with van der Waals surface area (Å²) in [5.74, 6) is -9.80. The Hall–Kier alpha value is -6.26. The highest BCUT2D eigenvalue weighted by molar-refractivity contribution is 6.00. The number of rotatable bonds is 10. The Bertz CT molecular complexity index is 1740. The first-order chi connectivity index (χ1) is 21.9. The molecule has 0 aliphatic heterocycles. The highest BCUT2D eigenvalue weighted by Gasteiger charge is 2.43. The highest BCUT2D eigenvalue weighted by atomic mass is 19.4. The van der Waals surface area contributed by atoms with Crippen molar-refractivity contribution in [3.8, 4) is 34.5 Å². The van der Waals surface area contributed by atoms with E-state index in [1.807, 2.05) is 0 Å². The van der Waals surface area contributed by atoms with Gasteiger partial charge in [-0.05, 0) is 72.8 Å². The van der Waals surface area contributed by atoms with Crippen LogP contribution in [0.4, 0.5) is 26.3 Å². The standard InChI is InChI=1S/C30H16F6O11/c31-29(32,33)23-17(25(37)38)9-11-19(21(23)27(41)42)46-15-5-1-13(2-6-15)45-14-3-7-16(8-4-14)47-20-12-10-18(26(39)40)24(30(34,35)36)22(20)28(43)44/h1-12H,(H,37,38)(H,39,40)(H,41,42)(H,43,44). The van der Waals surface area contributed by atoms with Crippen LogP contribution in [0.5, 0.6) is 34.5 Å². The first-order valence-electron chi connectivity index (χ1n) is 12.5. The zero-order chi connectivity index (χ0) is 34.8. The van der Waals surface area contributed by atoms with E-state index in [1.54, 1.807) is 0 Å². The van der Waals surface area contributed by atoms with Gasteiger partial charge in [0, 0.05) is 0 Å². The first kappa shape index (κ1) is 33.6. The Morgan fingerprint density at radius 2 is 0.702 bits per heavy atom. The van der Waals surface area contributed by atoms with Crippen molar-refractivity contribution in [3.05, 3.63) is 106 Å². The summed E-state index contributed by atoms with van der Waals surface area (Å²) < 4.78 is 97.8. The number of ether oxygens (including phenoxy) is 3. The summed E-state index contributed by atoms with van der Waals surface area (Å²) >= 11 is 0. The topological polar surface area (TPSA) is 177 Å². The lowest BCUT2D eigenvalue weighted by Gasteiger charge is -2.17. The van der Waals surface area contributed by atoms with Gasteiger partial charge in [0.1, 0.15) is 45.6 Å². The molecule has 0 aliphatic rings. The van der Waals surface area contributed by atoms with Crippen LogP contribution in [0.2, 0.25) is 0 Å². The Labute approximate surface area is 257 Å². The number of hydrogen-bond acceptors (Lipinski definition) is 7. The Balaban J connectivity index is 1.54. The average molecular weight is 666 g/mol. The summed E-state index contributed by atoms with van der Waals surface area (Å²) in [6.45, 7) is 0. The molecule has 47 heavy (non-hydrogen) atoms. The number of carboxylic acid groups (broad SMARTS) is 4. The van der Waals surface area contributed by atoms with Crippen LogP contribution in [-0.2, 0) is 12.4 Å². The minimum absolute atomic E-state index is 0.119. The predicted octanol–water partition coefficient (Wildman–Crippen LogP) is 7.89. The molecule has 0 spiro atoms. The Morgan fingerprint density at radius 1 is 0.426 bits per heavy atom. The third-order valence-electron chi connectivity index (χ3n) is 6.13. The lowest BCUT2D eigenvalue weighted by atomic mass is 9.99. The number of benzene rings is 4. The van der Waals surface area contributed by atoms with Gasteiger partial charge in [-0.2, -0.15) is 26.3 Å². The molecule has 0 fully saturated rings. The lowest BCUT2D eigenvalue weighted by Crippen LogP contribution is -2.19. The molecule has 0 unspecified atom stereocenters. The fourth-order valence-electron chi connectivity index (χ4n) is 4.25. The molecule has 0 atom stereocenters. The maximum Gasteiger partial charge on any atom is 0.418 e. The minimum atomic E-state index is -5.34. The molecule has 0 radical (unpaired) electrons. The van der Waals surface area contributed by atoms with Gasteiger partial charge in [0.05, 0.1) is 22.3 Å². The van der Waals surface area contributed by atoms with E-state index in [0.29, 0.717) is 12.1 Å². The summed E-state index contributed by atoms with van der Waals surface area (Å²) in [5, 5.41) is 37.1. The highest BCUT2D eigenvalue weighted by Crippen LogP contribution is 2.42. The molecule has 0 amide bonds. The van der Waals surface area contributed by atoms with Gasteiger partial charge in [-0.15, -0.1) is 0 Å². The van der Waals surface area contributed by atoms with Crippen LogP contribution in [0, 0.1) is 0 Å². The predicted molar refractivity (Wildman–Crippen MR) is 144 cm³/mol. The van der Waals surface area contributed by atoms with Crippen molar-refractivity contribution in [2.75, 3.05) is 0 Å². The van der Waals surface area contributed by atoms with Crippen molar-refractivity contribution in [2.24, 2.45) is 0 Å². The quantitative estimate of drug-likeness (QED) is 0.121. The van der Waals surface area contributed by atoms with Gasteiger partial charge in [-0.25, -0.2) is 19.2 Å². The van der Waals surface area contributed by atoms with Gasteiger partial charge in [-0.1, -0.05) is 0 Å². The molecule has 17 heteroatoms. The minimum Gasteiger partial charge on any atom is -0.478 e. The number of hydrogen-bond donors (Lipinski definition) is 4. The fourth-order valence-corrected chi connectivity index (χ4v) is 4.25. The van der Waals surface area contributed by atoms with Crippen LogP contribution in [0.25, 0.3) is 0 Å². The van der Waals surface area contributed by atoms with Crippen molar-refractivity contribution in [3.63, 3.8) is 0 Å². The van der Waals surface area contributed by atoms with E-state index >= 15 is 0 Å². The van der Waals surface area contributed by atoms with Crippen molar-refractivity contribution in [1.82, 2.24) is 0 Å². The number of alkyl halides is 6. The number of halogens is 6. The molecule has 4 aromatic carbocycles. The van der Waals surface area contributed by atoms with E-state index in [1.165, 1.54) is 48.5 Å². The maximum atomic E-state index is 13.6. The zero-order valence-corrected chi connectivity index (χ0v) is 22.8. The van der Waals surface area contributed by atoms with Gasteiger partial charge in [0.2, 0.25) is 0 Å². The zero-order valence-electron chi connectivity index (χ0n) is 22.8. The van der Waals surface area contributed by atoms with Crippen molar-refractivity contribution < 1.29 is 80.2 Å². The molecule has 11 nitrogen and oxygen atoms in total. The largest absolute Gasteiger partial charge is 0.478 e. The average Bonchev–Trinajstić information content (AvgIpc) is 2.97. The van der Waals surface area contributed by atoms with Crippen LogP contribution in [0.15, 0.2) is 72.8 Å². The first-order valence-corrected chi connectivity index (χ1v) is 12.5. The Morgan fingerprint density at radius 3 is 0.936 bits per heavy atom. The van der Waals surface area contributed by atoms with E-state index in [4.69, 9.17) is 24.4 Å². The number of aromatic carboxylic acids is 4. The third-order valence-corrected chi connectivity index (χ3v) is 6.13. The second-order valence-electron chi connectivity index (χ2n) is 9.19. The van der Waals surface area contributed by atoms with Gasteiger partial charge < -0.3 is 34.6 Å². The summed E-state index contributed by atoms with van der Waals surface area (Å²) in [6, 6.07) is 12.5. The van der Waals surface area contributed by atoms with Crippen LogP contribution in [-0.4, -0.2) is 44.3 Å². The molecule has 0 heterocycles. The van der Waals surface area contributed by atoms with Crippen LogP contribution in [0.1, 0.15) is 52.6 Å². The molecule has 4 N–H and O–H groups in total. The normalized spacial score (nSPS) is 11.4. The maximum absolute atomic E-state index is 13.6. The third kappa shape index (κ3) is 7.35. The molecule has 4 aromatic rings. The van der Waals surface area contributed by atoms with E-state index in [-0.39, 0.29) is 23.0 Å². The molecule has 0 aromatic heterocycles. The molecule has 0 saturated carbocycles. The van der Waals surface area contributed by atoms with E-state index in [2.05, 4.69) is 0 Å². The SMILES string of the molecule is O=C(O)c1ccc(Oc2ccc(Oc3ccc(Oc4ccc(C(=O)O)c(C(F)(F)F)c4C(=O)O)cc3)cc2)c(C(=O)O)c1C(F)(F)F. The van der Waals surface area contributed by atoms with Gasteiger partial charge in [0.25, 0.3) is 0 Å². The summed E-state index contributed by atoms with van der Waals surface area (Å²) in [4.78, 5) is 45.9. The van der Waals surface area contributed by atoms with Crippen LogP contribution < -0.4 is 14.2 Å². The van der Waals surface area contributed by atoms with E-state index in [0.717, 1.165) is 12.1 Å². The number of carbonyl (C=O) groups is 4. The molecule has 0 saturated heterocycles. The summed E-state index contributed by atoms with van der Waals surface area (Å²) in [6.07, 6.45) is -10.7. The van der Waals surface area contributed by atoms with Crippen molar-refractivity contribution in [2.45, 2.75) is 12.4 Å². The molecule has 0 bridgehead atoms. The van der Waals surface area contributed by atoms with E-state index < -0.39 is 81.1 Å². The smallest absolute Gasteiger partial charge is 0.418 e. The van der Waals surface area contributed by atoms with Gasteiger partial charge in [-0.3, -0.25) is 0 Å². The van der Waals surface area contributed by atoms with Crippen LogP contribution >= 0.6 is 0 Å². The van der Waals surface area contributed by atoms with Crippen molar-refractivity contribution in [1.29, 1.82) is 0 Å². The second kappa shape index (κ2) is 12.6. The molecular formula is C30H16F6O11. The molecular weight excluding hydrogens is 650 g/mol. The van der Waals surface area contributed by atoms with Gasteiger partial charge >= 0.3 is 36.2 Å². The monoisotopic (exact) mass is 666 g/mol. The second-order valence-corrected chi connectivity index (χ2v) is 9.19. The molecule has 0 aliphatic carbocycles. The van der Waals surface area contributed by atoms with Crippen molar-refractivity contribution >= 4 is 23.9 Å². The summed E-state index contributed by atoms with van der Waals surface area (Å²) in [7, 11) is 0. The number of carboxylic acids is 4. The van der Waals surface area contributed by atoms with Crippen LogP contribution in [0.3, 0.4) is 0 Å². The fraction of sp³-hybridized carbons (Fsp3) is 0.0667. The van der Waals surface area contributed by atoms with Gasteiger partial charge in [0.15, 0.2) is 0 Å². The molecule has 4 rings (SSSR count). The van der Waals surface area contributed by atoms with E-state index in [9.17, 15) is 55.7 Å². The molecule has 244 valence electrons.